The van der Waals surface area contributed by atoms with E-state index >= 15 is 0 Å². The number of nitrogens with zero attached hydrogens (tertiary/aromatic N) is 2. The Hall–Kier alpha value is -1.65. The first-order chi connectivity index (χ1) is 9.97. The van der Waals surface area contributed by atoms with Crippen molar-refractivity contribution in [1.29, 1.82) is 0 Å². The highest BCUT2D eigenvalue weighted by molar-refractivity contribution is 5.71. The lowest BCUT2D eigenvalue weighted by atomic mass is 10.0. The van der Waals surface area contributed by atoms with Gasteiger partial charge in [-0.2, -0.15) is 4.98 Å². The molecule has 0 aliphatic heterocycles. The van der Waals surface area contributed by atoms with E-state index in [0.29, 0.717) is 24.5 Å². The van der Waals surface area contributed by atoms with Crippen molar-refractivity contribution in [3.05, 3.63) is 27.4 Å². The Morgan fingerprint density at radius 3 is 2.52 bits per heavy atom. The molecule has 0 aromatic carbocycles. The van der Waals surface area contributed by atoms with E-state index in [1.807, 2.05) is 13.8 Å². The van der Waals surface area contributed by atoms with Gasteiger partial charge >= 0.3 is 11.7 Å². The van der Waals surface area contributed by atoms with Gasteiger partial charge in [0.1, 0.15) is 0 Å². The van der Waals surface area contributed by atoms with E-state index in [1.54, 1.807) is 4.57 Å². The summed E-state index contributed by atoms with van der Waals surface area (Å²) in [6.45, 7) is 6.09. The Morgan fingerprint density at radius 2 is 2.05 bits per heavy atom. The van der Waals surface area contributed by atoms with E-state index in [1.165, 1.54) is 0 Å². The molecule has 21 heavy (non-hydrogen) atoms. The van der Waals surface area contributed by atoms with Crippen molar-refractivity contribution in [3.63, 3.8) is 0 Å². The van der Waals surface area contributed by atoms with Gasteiger partial charge in [-0.25, -0.2) is 4.79 Å². The van der Waals surface area contributed by atoms with Crippen molar-refractivity contribution in [2.45, 2.75) is 65.3 Å². The zero-order valence-electron chi connectivity index (χ0n) is 13.1. The topological polar surface area (TPSA) is 72.2 Å². The lowest BCUT2D eigenvalue weighted by molar-refractivity contribution is -0.136. The number of carbonyl (C=O) groups is 1. The summed E-state index contributed by atoms with van der Waals surface area (Å²) in [6.07, 6.45) is 4.28. The molecule has 0 radical (unpaired) electrons. The van der Waals surface area contributed by atoms with Crippen LogP contribution >= 0.6 is 0 Å². The predicted molar refractivity (Wildman–Crippen MR) is 80.6 cm³/mol. The van der Waals surface area contributed by atoms with Crippen molar-refractivity contribution >= 4 is 5.97 Å². The van der Waals surface area contributed by atoms with Crippen LogP contribution in [-0.2, 0) is 24.1 Å². The van der Waals surface area contributed by atoms with Crippen LogP contribution in [0.3, 0.4) is 0 Å². The maximum Gasteiger partial charge on any atom is 0.348 e. The fourth-order valence-electron chi connectivity index (χ4n) is 3.48. The van der Waals surface area contributed by atoms with Crippen LogP contribution in [0.15, 0.2) is 4.79 Å². The van der Waals surface area contributed by atoms with Gasteiger partial charge in [-0.3, -0.25) is 9.36 Å². The zero-order valence-corrected chi connectivity index (χ0v) is 13.1. The Labute approximate surface area is 125 Å². The van der Waals surface area contributed by atoms with Crippen molar-refractivity contribution in [1.82, 2.24) is 9.55 Å². The summed E-state index contributed by atoms with van der Waals surface area (Å²) in [5.74, 6) is -0.258. The predicted octanol–water partition coefficient (Wildman–Crippen LogP) is 2.36. The largest absolute Gasteiger partial charge is 0.481 e. The molecule has 1 aromatic rings. The lowest BCUT2D eigenvalue weighted by Gasteiger charge is -2.22. The Morgan fingerprint density at radius 1 is 1.33 bits per heavy atom. The SMILES string of the molecule is CCc1nc(=O)n(C2CCC(C)C2)c(CC)c1CC(=O)O. The molecule has 1 aliphatic rings. The second-order valence-electron chi connectivity index (χ2n) is 5.99. The Bertz CT molecular complexity index is 592. The summed E-state index contributed by atoms with van der Waals surface area (Å²) in [5, 5.41) is 9.16. The Kier molecular flexibility index (Phi) is 4.80. The minimum Gasteiger partial charge on any atom is -0.481 e. The molecule has 116 valence electrons. The molecule has 0 saturated heterocycles. The van der Waals surface area contributed by atoms with Gasteiger partial charge in [-0.05, 0) is 38.0 Å². The van der Waals surface area contributed by atoms with Gasteiger partial charge in [-0.15, -0.1) is 0 Å². The number of hydrogen-bond donors (Lipinski definition) is 1. The van der Waals surface area contributed by atoms with Crippen LogP contribution in [0.5, 0.6) is 0 Å². The smallest absolute Gasteiger partial charge is 0.348 e. The number of carboxylic acid groups (broad SMARTS) is 1. The van der Waals surface area contributed by atoms with Crippen LogP contribution in [0.1, 0.15) is 63.0 Å². The summed E-state index contributed by atoms with van der Waals surface area (Å²) in [5.41, 5.74) is 2.04. The summed E-state index contributed by atoms with van der Waals surface area (Å²) in [7, 11) is 0. The highest BCUT2D eigenvalue weighted by atomic mass is 16.4. The summed E-state index contributed by atoms with van der Waals surface area (Å²) in [6, 6.07) is 0.174. The third kappa shape index (κ3) is 3.17. The summed E-state index contributed by atoms with van der Waals surface area (Å²) in [4.78, 5) is 27.7. The van der Waals surface area contributed by atoms with Crippen LogP contribution in [0, 0.1) is 5.92 Å². The molecule has 0 amide bonds. The molecule has 5 nitrogen and oxygen atoms in total. The van der Waals surface area contributed by atoms with Crippen LogP contribution in [0.2, 0.25) is 0 Å². The van der Waals surface area contributed by atoms with Gasteiger partial charge in [-0.1, -0.05) is 20.8 Å². The quantitative estimate of drug-likeness (QED) is 0.904. The van der Waals surface area contributed by atoms with Gasteiger partial charge < -0.3 is 5.11 Å². The number of aryl methyl sites for hydroxylation is 1. The molecule has 2 unspecified atom stereocenters. The van der Waals surface area contributed by atoms with Crippen molar-refractivity contribution < 1.29 is 9.90 Å². The number of aliphatic carboxylic acids is 1. The van der Waals surface area contributed by atoms with E-state index in [0.717, 1.165) is 30.5 Å². The normalized spacial score (nSPS) is 21.7. The fraction of sp³-hybridized carbons (Fsp3) is 0.688. The van der Waals surface area contributed by atoms with Crippen molar-refractivity contribution in [2.24, 2.45) is 5.92 Å². The molecule has 1 heterocycles. The fourth-order valence-corrected chi connectivity index (χ4v) is 3.48. The molecular weight excluding hydrogens is 268 g/mol. The molecule has 2 atom stereocenters. The maximum absolute atomic E-state index is 12.4. The minimum absolute atomic E-state index is 0.0537. The zero-order chi connectivity index (χ0) is 15.6. The molecule has 0 spiro atoms. The molecular formula is C16H24N2O3. The number of hydrogen-bond acceptors (Lipinski definition) is 3. The second kappa shape index (κ2) is 6.41. The second-order valence-corrected chi connectivity index (χ2v) is 5.99. The van der Waals surface area contributed by atoms with Gasteiger partial charge in [0.15, 0.2) is 0 Å². The van der Waals surface area contributed by atoms with Crippen LogP contribution in [-0.4, -0.2) is 20.6 Å². The minimum atomic E-state index is -0.869. The average molecular weight is 292 g/mol. The first-order valence-corrected chi connectivity index (χ1v) is 7.82. The van der Waals surface area contributed by atoms with Gasteiger partial charge in [0.2, 0.25) is 0 Å². The van der Waals surface area contributed by atoms with Gasteiger partial charge in [0, 0.05) is 17.3 Å². The first-order valence-electron chi connectivity index (χ1n) is 7.82. The molecule has 1 aromatic heterocycles. The van der Waals surface area contributed by atoms with Gasteiger partial charge in [0.05, 0.1) is 12.1 Å². The molecule has 5 heteroatoms. The van der Waals surface area contributed by atoms with E-state index in [9.17, 15) is 9.59 Å². The molecule has 0 bridgehead atoms. The van der Waals surface area contributed by atoms with Crippen LogP contribution in [0.25, 0.3) is 0 Å². The maximum atomic E-state index is 12.4. The molecule has 2 rings (SSSR count). The third-order valence-corrected chi connectivity index (χ3v) is 4.45. The van der Waals surface area contributed by atoms with E-state index in [4.69, 9.17) is 5.11 Å². The molecule has 1 aliphatic carbocycles. The Balaban J connectivity index is 2.58. The van der Waals surface area contributed by atoms with E-state index in [2.05, 4.69) is 11.9 Å². The third-order valence-electron chi connectivity index (χ3n) is 4.45. The van der Waals surface area contributed by atoms with E-state index in [-0.39, 0.29) is 18.2 Å². The van der Waals surface area contributed by atoms with Crippen LogP contribution < -0.4 is 5.69 Å². The molecule has 1 fully saturated rings. The highest BCUT2D eigenvalue weighted by Crippen LogP contribution is 2.34. The van der Waals surface area contributed by atoms with Crippen LogP contribution in [0.4, 0.5) is 0 Å². The number of carboxylic acids is 1. The standard InChI is InChI=1S/C16H24N2O3/c1-4-13-12(9-15(19)20)14(5-2)18(16(21)17-13)11-7-6-10(3)8-11/h10-11H,4-9H2,1-3H3,(H,19,20). The number of rotatable bonds is 5. The molecule has 1 N–H and O–H groups in total. The number of aromatic nitrogens is 2. The molecule has 1 saturated carbocycles. The highest BCUT2D eigenvalue weighted by Gasteiger charge is 2.27. The lowest BCUT2D eigenvalue weighted by Crippen LogP contribution is -2.32. The van der Waals surface area contributed by atoms with Crippen molar-refractivity contribution in [3.8, 4) is 0 Å². The van der Waals surface area contributed by atoms with Gasteiger partial charge in [0.25, 0.3) is 0 Å². The van der Waals surface area contributed by atoms with E-state index < -0.39 is 5.97 Å². The summed E-state index contributed by atoms with van der Waals surface area (Å²) < 4.78 is 1.78. The first kappa shape index (κ1) is 15.7. The average Bonchev–Trinajstić information content (AvgIpc) is 2.85. The summed E-state index contributed by atoms with van der Waals surface area (Å²) >= 11 is 0. The monoisotopic (exact) mass is 292 g/mol. The van der Waals surface area contributed by atoms with Crippen molar-refractivity contribution in [2.75, 3.05) is 0 Å².